The Bertz CT molecular complexity index is 1080. The molecule has 0 aliphatic carbocycles. The van der Waals surface area contributed by atoms with Gasteiger partial charge in [-0.2, -0.15) is 0 Å². The molecule has 0 radical (unpaired) electrons. The van der Waals surface area contributed by atoms with Gasteiger partial charge in [-0.25, -0.2) is 4.98 Å². The third-order valence-corrected chi connectivity index (χ3v) is 4.49. The number of rotatable bonds is 2. The van der Waals surface area contributed by atoms with E-state index in [1.165, 1.54) is 4.90 Å². The zero-order valence-electron chi connectivity index (χ0n) is 14.9. The Labute approximate surface area is 160 Å². The number of amides is 2. The van der Waals surface area contributed by atoms with Crippen molar-refractivity contribution in [3.63, 3.8) is 0 Å². The molecule has 2 amide bonds. The number of aromatic amines is 1. The number of fused-ring (bicyclic) bond motifs is 1. The Morgan fingerprint density at radius 3 is 2.61 bits per heavy atom. The van der Waals surface area contributed by atoms with Crippen LogP contribution in [0.15, 0.2) is 59.5 Å². The number of para-hydroxylation sites is 1. The Kier molecular flexibility index (Phi) is 4.67. The highest BCUT2D eigenvalue weighted by Gasteiger charge is 2.28. The number of benzene rings is 1. The molecule has 8 heteroatoms. The zero-order valence-corrected chi connectivity index (χ0v) is 14.9. The fourth-order valence-corrected chi connectivity index (χ4v) is 3.09. The maximum atomic E-state index is 12.5. The average molecular weight is 375 g/mol. The van der Waals surface area contributed by atoms with Crippen molar-refractivity contribution < 1.29 is 9.59 Å². The van der Waals surface area contributed by atoms with Crippen LogP contribution in [0.3, 0.4) is 0 Å². The van der Waals surface area contributed by atoms with Crippen molar-refractivity contribution in [3.8, 4) is 11.5 Å². The van der Waals surface area contributed by atoms with Crippen LogP contribution in [0.4, 0.5) is 5.69 Å². The van der Waals surface area contributed by atoms with Gasteiger partial charge in [0.25, 0.3) is 5.56 Å². The normalized spacial score (nSPS) is 12.9. The van der Waals surface area contributed by atoms with E-state index in [-0.39, 0.29) is 18.6 Å². The Morgan fingerprint density at radius 2 is 1.86 bits per heavy atom. The van der Waals surface area contributed by atoms with E-state index in [4.69, 9.17) is 0 Å². The maximum Gasteiger partial charge on any atom is 0.313 e. The van der Waals surface area contributed by atoms with E-state index in [0.717, 1.165) is 0 Å². The number of carbonyl (C=O) groups excluding carboxylic acids is 2. The van der Waals surface area contributed by atoms with Crippen LogP contribution in [0.5, 0.6) is 0 Å². The molecule has 1 aliphatic heterocycles. The summed E-state index contributed by atoms with van der Waals surface area (Å²) < 4.78 is 0. The topological polar surface area (TPSA) is 108 Å². The molecule has 2 aromatic heterocycles. The number of hydrogen-bond acceptors (Lipinski definition) is 5. The first-order valence-electron chi connectivity index (χ1n) is 8.80. The minimum atomic E-state index is -0.718. The van der Waals surface area contributed by atoms with Crippen molar-refractivity contribution in [2.24, 2.45) is 0 Å². The largest absolute Gasteiger partial charge is 0.328 e. The molecule has 0 saturated heterocycles. The van der Waals surface area contributed by atoms with E-state index in [9.17, 15) is 14.4 Å². The van der Waals surface area contributed by atoms with Gasteiger partial charge in [-0.15, -0.1) is 0 Å². The summed E-state index contributed by atoms with van der Waals surface area (Å²) in [6.45, 7) is 0.377. The molecule has 8 nitrogen and oxygen atoms in total. The molecular formula is C20H17N5O3. The van der Waals surface area contributed by atoms with E-state index < -0.39 is 11.8 Å². The van der Waals surface area contributed by atoms with Crippen LogP contribution in [0.2, 0.25) is 0 Å². The SMILES string of the molecule is O=C(Nc1ccccc1)C(=O)N1CCc2c(nc(-c3ccccn3)[nH]c2=O)C1. The van der Waals surface area contributed by atoms with Crippen LogP contribution in [0.1, 0.15) is 11.3 Å². The van der Waals surface area contributed by atoms with Gasteiger partial charge in [-0.05, 0) is 30.7 Å². The summed E-state index contributed by atoms with van der Waals surface area (Å²) in [5, 5.41) is 2.58. The summed E-state index contributed by atoms with van der Waals surface area (Å²) >= 11 is 0. The lowest BCUT2D eigenvalue weighted by Crippen LogP contribution is -2.44. The summed E-state index contributed by atoms with van der Waals surface area (Å²) in [5.74, 6) is -1.03. The first kappa shape index (κ1) is 17.6. The minimum absolute atomic E-state index is 0.0974. The standard InChI is InChI=1S/C20H17N5O3/c26-18-14-9-11-25(20(28)19(27)22-13-6-2-1-3-7-13)12-16(14)23-17(24-18)15-8-4-5-10-21-15/h1-8,10H,9,11-12H2,(H,22,27)(H,23,24,26). The van der Waals surface area contributed by atoms with Crippen LogP contribution < -0.4 is 10.9 Å². The highest BCUT2D eigenvalue weighted by atomic mass is 16.2. The molecule has 3 aromatic rings. The Morgan fingerprint density at radius 1 is 1.07 bits per heavy atom. The maximum absolute atomic E-state index is 12.5. The molecule has 0 fully saturated rings. The van der Waals surface area contributed by atoms with Crippen LogP contribution in [-0.4, -0.2) is 38.2 Å². The van der Waals surface area contributed by atoms with Gasteiger partial charge >= 0.3 is 11.8 Å². The number of H-pyrrole nitrogens is 1. The molecule has 4 rings (SSSR count). The lowest BCUT2D eigenvalue weighted by Gasteiger charge is -2.27. The number of anilines is 1. The summed E-state index contributed by atoms with van der Waals surface area (Å²) in [5.41, 5.74) is 1.85. The quantitative estimate of drug-likeness (QED) is 0.658. The number of hydrogen-bond donors (Lipinski definition) is 2. The zero-order chi connectivity index (χ0) is 19.5. The molecular weight excluding hydrogens is 358 g/mol. The first-order valence-corrected chi connectivity index (χ1v) is 8.80. The Balaban J connectivity index is 1.55. The van der Waals surface area contributed by atoms with Gasteiger partial charge < -0.3 is 15.2 Å². The molecule has 0 spiro atoms. The van der Waals surface area contributed by atoms with Crippen LogP contribution in [0.25, 0.3) is 11.5 Å². The van der Waals surface area contributed by atoms with Crippen LogP contribution in [-0.2, 0) is 22.6 Å². The van der Waals surface area contributed by atoms with Crippen molar-refractivity contribution in [2.75, 3.05) is 11.9 Å². The van der Waals surface area contributed by atoms with Crippen molar-refractivity contribution >= 4 is 17.5 Å². The van der Waals surface area contributed by atoms with E-state index in [1.807, 2.05) is 6.07 Å². The molecule has 1 aliphatic rings. The average Bonchev–Trinajstić information content (AvgIpc) is 2.74. The summed E-state index contributed by atoms with van der Waals surface area (Å²) in [4.78, 5) is 50.0. The summed E-state index contributed by atoms with van der Waals surface area (Å²) in [6.07, 6.45) is 1.95. The number of aromatic nitrogens is 3. The number of nitrogens with zero attached hydrogens (tertiary/aromatic N) is 3. The molecule has 28 heavy (non-hydrogen) atoms. The van der Waals surface area contributed by atoms with Crippen LogP contribution >= 0.6 is 0 Å². The molecule has 0 unspecified atom stereocenters. The first-order chi connectivity index (χ1) is 13.6. The molecule has 0 bridgehead atoms. The fraction of sp³-hybridized carbons (Fsp3) is 0.150. The molecule has 1 aromatic carbocycles. The van der Waals surface area contributed by atoms with Crippen molar-refractivity contribution in [3.05, 3.63) is 76.3 Å². The third kappa shape index (κ3) is 3.52. The van der Waals surface area contributed by atoms with Crippen molar-refractivity contribution in [2.45, 2.75) is 13.0 Å². The number of carbonyl (C=O) groups is 2. The van der Waals surface area contributed by atoms with E-state index in [0.29, 0.717) is 34.9 Å². The van der Waals surface area contributed by atoms with Gasteiger partial charge in [0, 0.05) is 24.0 Å². The second-order valence-electron chi connectivity index (χ2n) is 6.35. The van der Waals surface area contributed by atoms with E-state index >= 15 is 0 Å². The second kappa shape index (κ2) is 7.43. The van der Waals surface area contributed by atoms with Crippen LogP contribution in [0, 0.1) is 0 Å². The summed E-state index contributed by atoms with van der Waals surface area (Å²) in [6, 6.07) is 14.1. The van der Waals surface area contributed by atoms with Gasteiger partial charge in [-0.3, -0.25) is 19.4 Å². The molecule has 0 saturated carbocycles. The summed E-state index contributed by atoms with van der Waals surface area (Å²) in [7, 11) is 0. The number of pyridine rings is 1. The molecule has 3 heterocycles. The second-order valence-corrected chi connectivity index (χ2v) is 6.35. The van der Waals surface area contributed by atoms with Crippen molar-refractivity contribution in [1.82, 2.24) is 19.9 Å². The monoisotopic (exact) mass is 375 g/mol. The van der Waals surface area contributed by atoms with Gasteiger partial charge in [0.05, 0.1) is 12.2 Å². The predicted molar refractivity (Wildman–Crippen MR) is 102 cm³/mol. The van der Waals surface area contributed by atoms with E-state index in [2.05, 4.69) is 20.3 Å². The lowest BCUT2D eigenvalue weighted by molar-refractivity contribution is -0.143. The van der Waals surface area contributed by atoms with Gasteiger partial charge in [0.1, 0.15) is 5.69 Å². The highest BCUT2D eigenvalue weighted by molar-refractivity contribution is 6.39. The lowest BCUT2D eigenvalue weighted by atomic mass is 10.1. The predicted octanol–water partition coefficient (Wildman–Crippen LogP) is 1.36. The number of nitrogens with one attached hydrogen (secondary N) is 2. The highest BCUT2D eigenvalue weighted by Crippen LogP contribution is 2.18. The van der Waals surface area contributed by atoms with Gasteiger partial charge in [-0.1, -0.05) is 24.3 Å². The smallest absolute Gasteiger partial charge is 0.313 e. The fourth-order valence-electron chi connectivity index (χ4n) is 3.09. The molecule has 140 valence electrons. The van der Waals surface area contributed by atoms with Crippen molar-refractivity contribution in [1.29, 1.82) is 0 Å². The Hall–Kier alpha value is -3.81. The third-order valence-electron chi connectivity index (χ3n) is 4.49. The van der Waals surface area contributed by atoms with E-state index in [1.54, 1.807) is 48.7 Å². The molecule has 2 N–H and O–H groups in total. The minimum Gasteiger partial charge on any atom is -0.328 e. The van der Waals surface area contributed by atoms with Gasteiger partial charge in [0.15, 0.2) is 5.82 Å². The van der Waals surface area contributed by atoms with Gasteiger partial charge in [0.2, 0.25) is 0 Å². The molecule has 0 atom stereocenters.